The fourth-order valence-corrected chi connectivity index (χ4v) is 8.56. The van der Waals surface area contributed by atoms with Crippen molar-refractivity contribution in [3.8, 4) is 39.1 Å². The fourth-order valence-electron chi connectivity index (χ4n) is 8.56. The van der Waals surface area contributed by atoms with Crippen LogP contribution in [0.3, 0.4) is 0 Å². The van der Waals surface area contributed by atoms with Crippen molar-refractivity contribution in [2.24, 2.45) is 0 Å². The predicted molar refractivity (Wildman–Crippen MR) is 205 cm³/mol. The maximum Gasteiger partial charge on any atom is 0.198 e. The highest BCUT2D eigenvalue weighted by molar-refractivity contribution is 6.73. The molecule has 2 heterocycles. The number of hydrogen-bond donors (Lipinski definition) is 1. The van der Waals surface area contributed by atoms with Crippen molar-refractivity contribution in [3.05, 3.63) is 163 Å². The molecule has 0 spiro atoms. The molecular formula is C45H33BN2. The van der Waals surface area contributed by atoms with Gasteiger partial charge < -0.3 is 9.88 Å². The summed E-state index contributed by atoms with van der Waals surface area (Å²) >= 11 is 0. The normalized spacial score (nSPS) is 13.5. The maximum absolute atomic E-state index is 3.89. The first-order chi connectivity index (χ1) is 23.6. The van der Waals surface area contributed by atoms with Crippen LogP contribution in [0.4, 0.5) is 11.4 Å². The number of nitrogens with zero attached hydrogens (tertiary/aromatic N) is 1. The van der Waals surface area contributed by atoms with Crippen LogP contribution < -0.4 is 16.2 Å². The molecule has 0 bridgehead atoms. The van der Waals surface area contributed by atoms with Gasteiger partial charge in [0.2, 0.25) is 0 Å². The lowest BCUT2D eigenvalue weighted by Crippen LogP contribution is -2.37. The number of anilines is 2. The number of benzene rings is 7. The molecule has 10 rings (SSSR count). The van der Waals surface area contributed by atoms with Crippen LogP contribution in [-0.4, -0.2) is 11.8 Å². The van der Waals surface area contributed by atoms with E-state index < -0.39 is 0 Å². The van der Waals surface area contributed by atoms with Gasteiger partial charge in [0.1, 0.15) is 0 Å². The third-order valence-corrected chi connectivity index (χ3v) is 10.8. The number of para-hydroxylation sites is 3. The number of rotatable bonds is 4. The zero-order valence-corrected chi connectivity index (χ0v) is 27.1. The Morgan fingerprint density at radius 1 is 0.562 bits per heavy atom. The molecule has 8 aromatic rings. The number of hydrogen-bond acceptors (Lipinski definition) is 1. The van der Waals surface area contributed by atoms with E-state index in [1.165, 1.54) is 82.9 Å². The average Bonchev–Trinajstić information content (AvgIpc) is 3.59. The molecule has 0 atom stereocenters. The highest BCUT2D eigenvalue weighted by atomic mass is 15.0. The summed E-state index contributed by atoms with van der Waals surface area (Å²) < 4.78 is 2.53. The second-order valence-corrected chi connectivity index (χ2v) is 13.8. The molecule has 0 amide bonds. The quantitative estimate of drug-likeness (QED) is 0.196. The first kappa shape index (κ1) is 27.3. The Labute approximate surface area is 281 Å². The summed E-state index contributed by atoms with van der Waals surface area (Å²) in [5.41, 5.74) is 19.1. The Morgan fingerprint density at radius 2 is 1.27 bits per heavy atom. The van der Waals surface area contributed by atoms with Crippen LogP contribution in [0.25, 0.3) is 60.9 Å². The summed E-state index contributed by atoms with van der Waals surface area (Å²) in [6.07, 6.45) is 0. The standard InChI is InChI=1S/C45H33BN2/c1-45(2)36-21-11-9-19-30(36)33-27-39(47-29-17-7-4-8-18-29)34(26-37(33)45)35-25-32(28-15-5-3-6-16-28)42-31-20-10-13-23-40(31)48-41-24-14-12-22-38(41)46-43(35)44(42)48/h3-27,46-47H,1-2H3. The van der Waals surface area contributed by atoms with E-state index in [0.29, 0.717) is 0 Å². The van der Waals surface area contributed by atoms with Crippen LogP contribution in [0.15, 0.2) is 152 Å². The summed E-state index contributed by atoms with van der Waals surface area (Å²) in [5, 5.41) is 6.51. The van der Waals surface area contributed by atoms with Crippen molar-refractivity contribution < 1.29 is 0 Å². The fraction of sp³-hybridized carbons (Fsp3) is 0.0667. The van der Waals surface area contributed by atoms with Gasteiger partial charge in [0.15, 0.2) is 7.28 Å². The summed E-state index contributed by atoms with van der Waals surface area (Å²) in [6, 6.07) is 55.8. The Balaban J connectivity index is 1.36. The zero-order chi connectivity index (χ0) is 32.0. The summed E-state index contributed by atoms with van der Waals surface area (Å²) in [6.45, 7) is 4.75. The van der Waals surface area contributed by atoms with Crippen molar-refractivity contribution in [2.45, 2.75) is 19.3 Å². The zero-order valence-electron chi connectivity index (χ0n) is 27.1. The minimum Gasteiger partial charge on any atom is -0.355 e. The molecule has 1 aliphatic carbocycles. The van der Waals surface area contributed by atoms with Gasteiger partial charge in [-0.15, -0.1) is 0 Å². The van der Waals surface area contributed by atoms with Gasteiger partial charge in [-0.1, -0.05) is 129 Å². The molecule has 48 heavy (non-hydrogen) atoms. The molecule has 2 aliphatic rings. The molecule has 0 fully saturated rings. The minimum absolute atomic E-state index is 0.114. The monoisotopic (exact) mass is 612 g/mol. The Morgan fingerprint density at radius 3 is 2.12 bits per heavy atom. The first-order valence-electron chi connectivity index (χ1n) is 16.9. The van der Waals surface area contributed by atoms with Crippen LogP contribution in [0.2, 0.25) is 0 Å². The Hall–Kier alpha value is -5.80. The van der Waals surface area contributed by atoms with Gasteiger partial charge in [0, 0.05) is 44.3 Å². The van der Waals surface area contributed by atoms with E-state index in [4.69, 9.17) is 0 Å². The highest BCUT2D eigenvalue weighted by Gasteiger charge is 2.37. The molecule has 1 aromatic heterocycles. The van der Waals surface area contributed by atoms with Crippen molar-refractivity contribution in [1.29, 1.82) is 0 Å². The van der Waals surface area contributed by atoms with Gasteiger partial charge in [-0.2, -0.15) is 0 Å². The van der Waals surface area contributed by atoms with Crippen molar-refractivity contribution >= 4 is 51.4 Å². The van der Waals surface area contributed by atoms with E-state index in [0.717, 1.165) is 18.7 Å². The van der Waals surface area contributed by atoms with Gasteiger partial charge in [-0.25, -0.2) is 0 Å². The molecule has 3 heteroatoms. The van der Waals surface area contributed by atoms with Gasteiger partial charge in [-0.05, 0) is 86.9 Å². The molecule has 0 unspecified atom stereocenters. The van der Waals surface area contributed by atoms with Crippen molar-refractivity contribution in [2.75, 3.05) is 5.32 Å². The first-order valence-corrected chi connectivity index (χ1v) is 16.9. The highest BCUT2D eigenvalue weighted by Crippen LogP contribution is 2.52. The third kappa shape index (κ3) is 3.82. The van der Waals surface area contributed by atoms with E-state index >= 15 is 0 Å². The Bertz CT molecular complexity index is 2580. The second-order valence-electron chi connectivity index (χ2n) is 13.8. The van der Waals surface area contributed by atoms with Crippen LogP contribution in [0, 0.1) is 0 Å². The smallest absolute Gasteiger partial charge is 0.198 e. The van der Waals surface area contributed by atoms with E-state index in [1.54, 1.807) is 0 Å². The topological polar surface area (TPSA) is 17.0 Å². The van der Waals surface area contributed by atoms with Crippen molar-refractivity contribution in [3.63, 3.8) is 0 Å². The third-order valence-electron chi connectivity index (χ3n) is 10.8. The molecule has 7 aromatic carbocycles. The molecule has 1 N–H and O–H groups in total. The number of fused-ring (bicyclic) bond motifs is 8. The van der Waals surface area contributed by atoms with Gasteiger partial charge in [0.05, 0.1) is 5.52 Å². The average molecular weight is 613 g/mol. The lowest BCUT2D eigenvalue weighted by Gasteiger charge is -2.27. The van der Waals surface area contributed by atoms with Crippen LogP contribution in [0.5, 0.6) is 0 Å². The van der Waals surface area contributed by atoms with Crippen molar-refractivity contribution in [1.82, 2.24) is 4.57 Å². The minimum atomic E-state index is -0.114. The van der Waals surface area contributed by atoms with Crippen LogP contribution in [0.1, 0.15) is 25.0 Å². The molecule has 226 valence electrons. The number of aromatic nitrogens is 1. The molecule has 0 radical (unpaired) electrons. The van der Waals surface area contributed by atoms with E-state index in [-0.39, 0.29) is 5.41 Å². The number of nitrogens with one attached hydrogen (secondary N) is 1. The molecule has 1 aliphatic heterocycles. The molecule has 0 saturated heterocycles. The molecular weight excluding hydrogens is 579 g/mol. The van der Waals surface area contributed by atoms with Gasteiger partial charge in [-0.3, -0.25) is 0 Å². The van der Waals surface area contributed by atoms with Crippen LogP contribution in [-0.2, 0) is 5.41 Å². The molecule has 2 nitrogen and oxygen atoms in total. The predicted octanol–water partition coefficient (Wildman–Crippen LogP) is 9.87. The molecule has 0 saturated carbocycles. The van der Waals surface area contributed by atoms with E-state index in [1.807, 2.05) is 0 Å². The van der Waals surface area contributed by atoms with Gasteiger partial charge >= 0.3 is 0 Å². The SMILES string of the molecule is CC1(C)c2ccccc2-c2cc(Nc3ccccc3)c(-c3cc(-c4ccccc4)c4c5ccccc5n5c4c3Bc3ccccc3-5)cc21. The second kappa shape index (κ2) is 10.1. The maximum atomic E-state index is 3.89. The summed E-state index contributed by atoms with van der Waals surface area (Å²) in [5.74, 6) is 0. The van der Waals surface area contributed by atoms with E-state index in [2.05, 4.69) is 175 Å². The Kier molecular flexibility index (Phi) is 5.75. The van der Waals surface area contributed by atoms with E-state index in [9.17, 15) is 0 Å². The summed E-state index contributed by atoms with van der Waals surface area (Å²) in [7, 11) is 0.874. The van der Waals surface area contributed by atoms with Crippen LogP contribution >= 0.6 is 0 Å². The summed E-state index contributed by atoms with van der Waals surface area (Å²) in [4.78, 5) is 0. The lowest BCUT2D eigenvalue weighted by atomic mass is 9.58. The lowest BCUT2D eigenvalue weighted by molar-refractivity contribution is 0.660. The van der Waals surface area contributed by atoms with Gasteiger partial charge in [0.25, 0.3) is 0 Å². The largest absolute Gasteiger partial charge is 0.355 e.